The molecule has 0 saturated carbocycles. The summed E-state index contributed by atoms with van der Waals surface area (Å²) in [5.41, 5.74) is 0. The molecule has 3 atom stereocenters. The highest BCUT2D eigenvalue weighted by Gasteiger charge is 2.57. The largest absolute Gasteiger partial charge is 0.296 e. The molecule has 1 aliphatic heterocycles. The van der Waals surface area contributed by atoms with Crippen LogP contribution < -0.4 is 10.6 Å². The first kappa shape index (κ1) is 15.3. The van der Waals surface area contributed by atoms with E-state index in [1.54, 1.807) is 0 Å². The zero-order valence-corrected chi connectivity index (χ0v) is 14.0. The minimum Gasteiger partial charge on any atom is -0.296 e. The van der Waals surface area contributed by atoms with Crippen molar-refractivity contribution in [3.8, 4) is 0 Å². The Balaban J connectivity index is 2.14. The number of benzene rings is 2. The van der Waals surface area contributed by atoms with Crippen LogP contribution in [0.1, 0.15) is 13.8 Å². The first-order valence-electron chi connectivity index (χ1n) is 7.73. The molecule has 0 bridgehead atoms. The molecule has 2 nitrogen and oxygen atoms in total. The summed E-state index contributed by atoms with van der Waals surface area (Å²) in [6, 6.07) is 20.2. The van der Waals surface area contributed by atoms with Crippen molar-refractivity contribution in [1.82, 2.24) is 4.67 Å². The number of nitrogens with zero attached hydrogens (tertiary/aromatic N) is 1. The Morgan fingerprint density at radius 3 is 1.77 bits per heavy atom. The maximum Gasteiger partial charge on any atom is 0.208 e. The molecule has 1 heterocycles. The van der Waals surface area contributed by atoms with Gasteiger partial charge in [0.1, 0.15) is 0 Å². The molecule has 0 aromatic heterocycles. The van der Waals surface area contributed by atoms with Crippen LogP contribution in [0.25, 0.3) is 0 Å². The van der Waals surface area contributed by atoms with Gasteiger partial charge in [0.15, 0.2) is 0 Å². The van der Waals surface area contributed by atoms with E-state index in [-0.39, 0.29) is 6.04 Å². The predicted octanol–water partition coefficient (Wildman–Crippen LogP) is 3.81. The second-order valence-corrected chi connectivity index (χ2v) is 8.73. The Bertz CT molecular complexity index is 652. The molecule has 1 unspecified atom stereocenters. The van der Waals surface area contributed by atoms with E-state index in [4.69, 9.17) is 0 Å². The maximum atomic E-state index is 14.1. The molecule has 2 aromatic carbocycles. The van der Waals surface area contributed by atoms with Crippen molar-refractivity contribution >= 4 is 17.9 Å². The van der Waals surface area contributed by atoms with E-state index in [0.29, 0.717) is 12.0 Å². The van der Waals surface area contributed by atoms with Gasteiger partial charge in [-0.2, -0.15) is 0 Å². The van der Waals surface area contributed by atoms with Gasteiger partial charge in [0, 0.05) is 16.7 Å². The van der Waals surface area contributed by atoms with Crippen LogP contribution in [0.5, 0.6) is 0 Å². The van der Waals surface area contributed by atoms with E-state index in [0.717, 1.165) is 10.6 Å². The third kappa shape index (κ3) is 2.37. The molecule has 0 N–H and O–H groups in total. The highest BCUT2D eigenvalue weighted by atomic mass is 31.2. The summed E-state index contributed by atoms with van der Waals surface area (Å²) in [5, 5.41) is 1.80. The van der Waals surface area contributed by atoms with Crippen LogP contribution in [0.15, 0.2) is 73.3 Å². The van der Waals surface area contributed by atoms with Gasteiger partial charge >= 0.3 is 0 Å². The lowest BCUT2D eigenvalue weighted by Crippen LogP contribution is -2.23. The molecule has 0 amide bonds. The SMILES string of the molecule is C=C[C@H]1[C@H](C(C)C)N1P(=O)(c1ccccc1)c1ccccc1. The van der Waals surface area contributed by atoms with Gasteiger partial charge in [0.05, 0.1) is 6.04 Å². The lowest BCUT2D eigenvalue weighted by molar-refractivity contribution is 0.527. The molecule has 1 aliphatic rings. The molecule has 0 radical (unpaired) electrons. The van der Waals surface area contributed by atoms with E-state index in [1.807, 2.05) is 66.7 Å². The zero-order chi connectivity index (χ0) is 15.7. The van der Waals surface area contributed by atoms with E-state index < -0.39 is 7.29 Å². The quantitative estimate of drug-likeness (QED) is 0.475. The summed E-state index contributed by atoms with van der Waals surface area (Å²) < 4.78 is 16.3. The van der Waals surface area contributed by atoms with Gasteiger partial charge in [-0.05, 0) is 30.2 Å². The van der Waals surface area contributed by atoms with Crippen LogP contribution in [0.2, 0.25) is 0 Å². The molecule has 1 saturated heterocycles. The van der Waals surface area contributed by atoms with Gasteiger partial charge < -0.3 is 0 Å². The smallest absolute Gasteiger partial charge is 0.208 e. The van der Waals surface area contributed by atoms with E-state index in [1.165, 1.54) is 0 Å². The van der Waals surface area contributed by atoms with Crippen LogP contribution in [0.4, 0.5) is 0 Å². The highest BCUT2D eigenvalue weighted by Crippen LogP contribution is 2.60. The van der Waals surface area contributed by atoms with Crippen molar-refractivity contribution in [1.29, 1.82) is 0 Å². The summed E-state index contributed by atoms with van der Waals surface area (Å²) in [5.74, 6) is 0.448. The lowest BCUT2D eigenvalue weighted by atomic mass is 10.1. The third-order valence-corrected chi connectivity index (χ3v) is 7.51. The number of rotatable bonds is 5. The van der Waals surface area contributed by atoms with Gasteiger partial charge in [-0.25, -0.2) is 4.67 Å². The molecule has 3 rings (SSSR count). The van der Waals surface area contributed by atoms with Gasteiger partial charge in [-0.15, -0.1) is 6.58 Å². The van der Waals surface area contributed by atoms with E-state index >= 15 is 0 Å². The summed E-state index contributed by atoms with van der Waals surface area (Å²) in [6.45, 7) is 8.31. The maximum absolute atomic E-state index is 14.1. The summed E-state index contributed by atoms with van der Waals surface area (Å²) in [4.78, 5) is 0. The Hall–Kier alpha value is -1.63. The first-order chi connectivity index (χ1) is 10.6. The zero-order valence-electron chi connectivity index (χ0n) is 13.1. The molecule has 2 aromatic rings. The van der Waals surface area contributed by atoms with Crippen LogP contribution >= 0.6 is 7.29 Å². The van der Waals surface area contributed by atoms with Crippen LogP contribution in [0, 0.1) is 5.92 Å². The van der Waals surface area contributed by atoms with Crippen molar-refractivity contribution in [3.05, 3.63) is 73.3 Å². The van der Waals surface area contributed by atoms with Crippen LogP contribution in [-0.2, 0) is 4.57 Å². The minimum absolute atomic E-state index is 0.186. The Kier molecular flexibility index (Phi) is 4.08. The molecule has 1 fully saturated rings. The Morgan fingerprint density at radius 1 is 1.00 bits per heavy atom. The predicted molar refractivity (Wildman–Crippen MR) is 94.2 cm³/mol. The van der Waals surface area contributed by atoms with Crippen molar-refractivity contribution in [2.45, 2.75) is 25.9 Å². The normalized spacial score (nSPS) is 24.2. The average Bonchev–Trinajstić information content (AvgIpc) is 3.31. The third-order valence-electron chi connectivity index (χ3n) is 4.33. The van der Waals surface area contributed by atoms with Gasteiger partial charge in [-0.1, -0.05) is 56.3 Å². The monoisotopic (exact) mass is 311 g/mol. The summed E-state index contributed by atoms with van der Waals surface area (Å²) >= 11 is 0. The summed E-state index contributed by atoms with van der Waals surface area (Å²) in [6.07, 6.45) is 1.93. The average molecular weight is 311 g/mol. The fraction of sp³-hybridized carbons (Fsp3) is 0.263. The van der Waals surface area contributed by atoms with Gasteiger partial charge in [0.2, 0.25) is 7.29 Å². The van der Waals surface area contributed by atoms with E-state index in [9.17, 15) is 4.57 Å². The molecular formula is C19H22NOP. The summed E-state index contributed by atoms with van der Waals surface area (Å²) in [7, 11) is -2.81. The molecular weight excluding hydrogens is 289 g/mol. The van der Waals surface area contributed by atoms with Crippen LogP contribution in [0.3, 0.4) is 0 Å². The van der Waals surface area contributed by atoms with Crippen molar-refractivity contribution < 1.29 is 4.57 Å². The molecule has 0 aliphatic carbocycles. The van der Waals surface area contributed by atoms with Crippen molar-refractivity contribution in [3.63, 3.8) is 0 Å². The fourth-order valence-corrected chi connectivity index (χ4v) is 6.56. The minimum atomic E-state index is -2.81. The Morgan fingerprint density at radius 2 is 1.45 bits per heavy atom. The standard InChI is InChI=1S/C19H22NOP/c1-4-18-19(15(2)3)20(18)22(21,16-11-7-5-8-12-16)17-13-9-6-10-14-17/h4-15,18-19H,1H2,2-3H3/t18-,19-,20?/m0/s1. The molecule has 0 spiro atoms. The molecule has 114 valence electrons. The second kappa shape index (κ2) is 5.87. The number of hydrogen-bond donors (Lipinski definition) is 0. The lowest BCUT2D eigenvalue weighted by Gasteiger charge is -2.22. The van der Waals surface area contributed by atoms with Gasteiger partial charge in [-0.3, -0.25) is 4.57 Å². The van der Waals surface area contributed by atoms with Crippen molar-refractivity contribution in [2.75, 3.05) is 0 Å². The molecule has 22 heavy (non-hydrogen) atoms. The van der Waals surface area contributed by atoms with Crippen molar-refractivity contribution in [2.24, 2.45) is 5.92 Å². The number of hydrogen-bond acceptors (Lipinski definition) is 1. The fourth-order valence-electron chi connectivity index (χ4n) is 3.25. The van der Waals surface area contributed by atoms with Gasteiger partial charge in [0.25, 0.3) is 0 Å². The van der Waals surface area contributed by atoms with E-state index in [2.05, 4.69) is 25.1 Å². The highest BCUT2D eigenvalue weighted by molar-refractivity contribution is 7.76. The first-order valence-corrected chi connectivity index (χ1v) is 9.39. The topological polar surface area (TPSA) is 20.1 Å². The Labute approximate surface area is 132 Å². The van der Waals surface area contributed by atoms with Crippen LogP contribution in [-0.4, -0.2) is 16.8 Å². The molecule has 3 heteroatoms. The second-order valence-electron chi connectivity index (χ2n) is 6.09.